The van der Waals surface area contributed by atoms with Crippen molar-refractivity contribution in [2.75, 3.05) is 11.9 Å². The van der Waals surface area contributed by atoms with E-state index in [4.69, 9.17) is 4.74 Å². The quantitative estimate of drug-likeness (QED) is 0.845. The molecule has 0 spiro atoms. The van der Waals surface area contributed by atoms with E-state index in [-0.39, 0.29) is 12.5 Å². The van der Waals surface area contributed by atoms with Crippen LogP contribution in [0.15, 0.2) is 42.6 Å². The number of ether oxygens (including phenoxy) is 1. The Labute approximate surface area is 125 Å². The Hall–Kier alpha value is -1.63. The molecule has 1 aromatic heterocycles. The third kappa shape index (κ3) is 4.51. The number of nitrogens with one attached hydrogen (secondary N) is 1. The summed E-state index contributed by atoms with van der Waals surface area (Å²) in [6, 6.07) is 11.1. The molecule has 0 aliphatic carbocycles. The van der Waals surface area contributed by atoms with Gasteiger partial charge in [-0.15, -0.1) is 0 Å². The fourth-order valence-corrected chi connectivity index (χ4v) is 2.04. The van der Waals surface area contributed by atoms with Gasteiger partial charge in [-0.2, -0.15) is 0 Å². The van der Waals surface area contributed by atoms with Crippen molar-refractivity contribution in [3.8, 4) is 5.75 Å². The molecular formula is C14H13IN2O2. The lowest BCUT2D eigenvalue weighted by atomic mass is 10.3. The molecule has 19 heavy (non-hydrogen) atoms. The van der Waals surface area contributed by atoms with Crippen LogP contribution in [-0.4, -0.2) is 17.5 Å². The zero-order valence-electron chi connectivity index (χ0n) is 10.4. The van der Waals surface area contributed by atoms with Gasteiger partial charge < -0.3 is 10.1 Å². The van der Waals surface area contributed by atoms with Crippen molar-refractivity contribution >= 4 is 34.2 Å². The minimum Gasteiger partial charge on any atom is -0.484 e. The second-order valence-electron chi connectivity index (χ2n) is 3.98. The van der Waals surface area contributed by atoms with E-state index in [1.54, 1.807) is 12.3 Å². The monoisotopic (exact) mass is 368 g/mol. The number of amides is 1. The Balaban J connectivity index is 1.88. The van der Waals surface area contributed by atoms with Crippen molar-refractivity contribution in [3.05, 3.63) is 51.9 Å². The minimum absolute atomic E-state index is 0.0124. The van der Waals surface area contributed by atoms with Gasteiger partial charge in [-0.05, 0) is 59.8 Å². The zero-order chi connectivity index (χ0) is 13.7. The molecule has 98 valence electrons. The summed E-state index contributed by atoms with van der Waals surface area (Å²) in [6.45, 7) is 1.86. The summed E-state index contributed by atoms with van der Waals surface area (Å²) in [5.74, 6) is 0.498. The molecule has 1 N–H and O–H groups in total. The fourth-order valence-electron chi connectivity index (χ4n) is 1.53. The average Bonchev–Trinajstić information content (AvgIpc) is 2.36. The van der Waals surface area contributed by atoms with Crippen molar-refractivity contribution in [2.45, 2.75) is 6.92 Å². The predicted molar refractivity (Wildman–Crippen MR) is 82.3 cm³/mol. The van der Waals surface area contributed by atoms with Crippen LogP contribution in [0.1, 0.15) is 5.69 Å². The molecule has 2 rings (SSSR count). The Morgan fingerprint density at radius 1 is 1.37 bits per heavy atom. The van der Waals surface area contributed by atoms with E-state index in [2.05, 4.69) is 32.9 Å². The third-order valence-electron chi connectivity index (χ3n) is 2.35. The molecule has 0 fully saturated rings. The highest BCUT2D eigenvalue weighted by molar-refractivity contribution is 14.1. The first kappa shape index (κ1) is 13.8. The molecule has 1 heterocycles. The number of hydrogen-bond acceptors (Lipinski definition) is 3. The third-order valence-corrected chi connectivity index (χ3v) is 3.02. The lowest BCUT2D eigenvalue weighted by Crippen LogP contribution is -2.20. The van der Waals surface area contributed by atoms with E-state index in [0.717, 1.165) is 15.0 Å². The number of halogens is 1. The molecular weight excluding hydrogens is 355 g/mol. The molecule has 0 aliphatic heterocycles. The van der Waals surface area contributed by atoms with E-state index in [0.29, 0.717) is 5.75 Å². The van der Waals surface area contributed by atoms with Crippen LogP contribution in [0.5, 0.6) is 5.75 Å². The second-order valence-corrected chi connectivity index (χ2v) is 5.23. The first-order chi connectivity index (χ1) is 9.13. The van der Waals surface area contributed by atoms with Crippen LogP contribution in [0.25, 0.3) is 0 Å². The number of anilines is 1. The Morgan fingerprint density at radius 2 is 2.21 bits per heavy atom. The van der Waals surface area contributed by atoms with Crippen LogP contribution in [0.3, 0.4) is 0 Å². The van der Waals surface area contributed by atoms with Crippen molar-refractivity contribution in [1.29, 1.82) is 0 Å². The predicted octanol–water partition coefficient (Wildman–Crippen LogP) is 3.01. The number of aryl methyl sites for hydroxylation is 1. The number of benzene rings is 1. The number of pyridine rings is 1. The summed E-state index contributed by atoms with van der Waals surface area (Å²) in [7, 11) is 0. The molecule has 0 atom stereocenters. The van der Waals surface area contributed by atoms with Gasteiger partial charge in [-0.3, -0.25) is 9.78 Å². The summed E-state index contributed by atoms with van der Waals surface area (Å²) in [4.78, 5) is 15.8. The summed E-state index contributed by atoms with van der Waals surface area (Å²) in [5.41, 5.74) is 1.58. The largest absolute Gasteiger partial charge is 0.484 e. The van der Waals surface area contributed by atoms with E-state index in [9.17, 15) is 4.79 Å². The second kappa shape index (κ2) is 6.51. The lowest BCUT2D eigenvalue weighted by molar-refractivity contribution is -0.118. The van der Waals surface area contributed by atoms with E-state index in [1.165, 1.54) is 0 Å². The number of carbonyl (C=O) groups excluding carboxylic acids is 1. The molecule has 1 amide bonds. The van der Waals surface area contributed by atoms with Crippen LogP contribution >= 0.6 is 22.6 Å². The average molecular weight is 368 g/mol. The molecule has 0 unspecified atom stereocenters. The first-order valence-electron chi connectivity index (χ1n) is 5.74. The molecule has 0 saturated heterocycles. The van der Waals surface area contributed by atoms with Crippen molar-refractivity contribution in [3.63, 3.8) is 0 Å². The smallest absolute Gasteiger partial charge is 0.262 e. The highest BCUT2D eigenvalue weighted by Gasteiger charge is 2.04. The standard InChI is InChI=1S/C14H13IN2O2/c1-10-7-12(5-6-16-10)17-14(18)9-19-13-4-2-3-11(15)8-13/h2-8H,9H2,1H3,(H,16,17,18). The highest BCUT2D eigenvalue weighted by Crippen LogP contribution is 2.14. The fraction of sp³-hybridized carbons (Fsp3) is 0.143. The molecule has 2 aromatic rings. The maximum atomic E-state index is 11.7. The van der Waals surface area contributed by atoms with Gasteiger partial charge in [0.2, 0.25) is 0 Å². The van der Waals surface area contributed by atoms with Gasteiger partial charge in [-0.25, -0.2) is 0 Å². The summed E-state index contributed by atoms with van der Waals surface area (Å²) >= 11 is 2.20. The van der Waals surface area contributed by atoms with Gasteiger partial charge in [0.25, 0.3) is 5.91 Å². The van der Waals surface area contributed by atoms with Gasteiger partial charge in [0, 0.05) is 21.1 Å². The van der Waals surface area contributed by atoms with E-state index >= 15 is 0 Å². The normalized spacial score (nSPS) is 10.0. The van der Waals surface area contributed by atoms with E-state index in [1.807, 2.05) is 37.3 Å². The summed E-state index contributed by atoms with van der Waals surface area (Å²) in [5, 5.41) is 2.76. The van der Waals surface area contributed by atoms with Gasteiger partial charge in [0.1, 0.15) is 5.75 Å². The molecule has 1 aromatic carbocycles. The maximum Gasteiger partial charge on any atom is 0.262 e. The van der Waals surface area contributed by atoms with Crippen molar-refractivity contribution in [1.82, 2.24) is 4.98 Å². The van der Waals surface area contributed by atoms with Crippen LogP contribution in [-0.2, 0) is 4.79 Å². The molecule has 0 aliphatic rings. The Kier molecular flexibility index (Phi) is 4.73. The summed E-state index contributed by atoms with van der Waals surface area (Å²) in [6.07, 6.45) is 1.66. The van der Waals surface area contributed by atoms with Gasteiger partial charge >= 0.3 is 0 Å². The number of nitrogens with zero attached hydrogens (tertiary/aromatic N) is 1. The molecule has 0 radical (unpaired) electrons. The molecule has 0 saturated carbocycles. The first-order valence-corrected chi connectivity index (χ1v) is 6.82. The maximum absolute atomic E-state index is 11.7. The number of hydrogen-bond donors (Lipinski definition) is 1. The van der Waals surface area contributed by atoms with Crippen molar-refractivity contribution < 1.29 is 9.53 Å². The number of rotatable bonds is 4. The van der Waals surface area contributed by atoms with Crippen LogP contribution in [0.2, 0.25) is 0 Å². The number of aromatic nitrogens is 1. The van der Waals surface area contributed by atoms with Crippen LogP contribution in [0.4, 0.5) is 5.69 Å². The Bertz CT molecular complexity index is 587. The minimum atomic E-state index is -0.190. The van der Waals surface area contributed by atoms with Gasteiger partial charge in [-0.1, -0.05) is 6.07 Å². The van der Waals surface area contributed by atoms with Gasteiger partial charge in [0.05, 0.1) is 0 Å². The van der Waals surface area contributed by atoms with E-state index < -0.39 is 0 Å². The van der Waals surface area contributed by atoms with Crippen LogP contribution in [0, 0.1) is 10.5 Å². The molecule has 5 heteroatoms. The van der Waals surface area contributed by atoms with Crippen LogP contribution < -0.4 is 10.1 Å². The molecule has 4 nitrogen and oxygen atoms in total. The number of carbonyl (C=O) groups is 1. The van der Waals surface area contributed by atoms with Gasteiger partial charge in [0.15, 0.2) is 6.61 Å². The summed E-state index contributed by atoms with van der Waals surface area (Å²) < 4.78 is 6.49. The lowest BCUT2D eigenvalue weighted by Gasteiger charge is -2.08. The Morgan fingerprint density at radius 3 is 2.95 bits per heavy atom. The topological polar surface area (TPSA) is 51.2 Å². The highest BCUT2D eigenvalue weighted by atomic mass is 127. The van der Waals surface area contributed by atoms with Crippen molar-refractivity contribution in [2.24, 2.45) is 0 Å². The SMILES string of the molecule is Cc1cc(NC(=O)COc2cccc(I)c2)ccn1. The zero-order valence-corrected chi connectivity index (χ0v) is 12.5. The molecule has 0 bridgehead atoms.